The number of aryl methyl sites for hydroxylation is 3. The molecule has 0 aromatic heterocycles. The molecule has 0 saturated carbocycles. The fraction of sp³-hybridized carbons (Fsp3) is 0.333. The number of rotatable bonds is 10. The predicted molar refractivity (Wildman–Crippen MR) is 151 cm³/mol. The standard InChI is InChI=1S/C30H36FN3O4S/c1-20(2)32-30(36)24(6)33(18-25-9-7-8-10-28(25)31)29(35)19-34(26-16-22(4)15-23(5)17-26)39(37,38)27-13-11-21(3)12-14-27/h7-17,20,24H,18-19H2,1-6H3,(H,32,36). The second kappa shape index (κ2) is 12.4. The van der Waals surface area contributed by atoms with Crippen LogP contribution in [0.15, 0.2) is 71.6 Å². The highest BCUT2D eigenvalue weighted by Crippen LogP contribution is 2.27. The molecule has 0 saturated heterocycles. The van der Waals surface area contributed by atoms with Gasteiger partial charge in [-0.2, -0.15) is 0 Å². The van der Waals surface area contributed by atoms with E-state index >= 15 is 0 Å². The summed E-state index contributed by atoms with van der Waals surface area (Å²) in [4.78, 5) is 28.1. The van der Waals surface area contributed by atoms with Gasteiger partial charge in [-0.15, -0.1) is 0 Å². The molecule has 0 aliphatic heterocycles. The molecule has 3 rings (SSSR count). The van der Waals surface area contributed by atoms with Gasteiger partial charge in [0.2, 0.25) is 11.8 Å². The van der Waals surface area contributed by atoms with E-state index in [2.05, 4.69) is 5.32 Å². The fourth-order valence-corrected chi connectivity index (χ4v) is 5.66. The predicted octanol–water partition coefficient (Wildman–Crippen LogP) is 4.89. The molecule has 7 nitrogen and oxygen atoms in total. The molecule has 2 amide bonds. The molecular weight excluding hydrogens is 517 g/mol. The summed E-state index contributed by atoms with van der Waals surface area (Å²) in [6.45, 7) is 9.90. The summed E-state index contributed by atoms with van der Waals surface area (Å²) < 4.78 is 43.5. The van der Waals surface area contributed by atoms with Gasteiger partial charge in [-0.25, -0.2) is 12.8 Å². The second-order valence-corrected chi connectivity index (χ2v) is 12.0. The highest BCUT2D eigenvalue weighted by Gasteiger charge is 2.33. The Morgan fingerprint density at radius 1 is 0.872 bits per heavy atom. The van der Waals surface area contributed by atoms with Gasteiger partial charge in [0.25, 0.3) is 10.0 Å². The molecule has 0 aliphatic rings. The molecule has 39 heavy (non-hydrogen) atoms. The number of carbonyl (C=O) groups is 2. The van der Waals surface area contributed by atoms with Crippen molar-refractivity contribution >= 4 is 27.5 Å². The molecule has 0 fully saturated rings. The van der Waals surface area contributed by atoms with Crippen molar-refractivity contribution in [1.82, 2.24) is 10.2 Å². The van der Waals surface area contributed by atoms with Crippen LogP contribution in [0.5, 0.6) is 0 Å². The molecule has 0 radical (unpaired) electrons. The first-order valence-corrected chi connectivity index (χ1v) is 14.2. The summed E-state index contributed by atoms with van der Waals surface area (Å²) in [6.07, 6.45) is 0. The first-order chi connectivity index (χ1) is 18.3. The van der Waals surface area contributed by atoms with E-state index in [1.807, 2.05) is 26.8 Å². The molecule has 0 spiro atoms. The van der Waals surface area contributed by atoms with Crippen molar-refractivity contribution in [1.29, 1.82) is 0 Å². The van der Waals surface area contributed by atoms with Crippen molar-refractivity contribution in [3.8, 4) is 0 Å². The van der Waals surface area contributed by atoms with Gasteiger partial charge in [-0.05, 0) is 83.0 Å². The smallest absolute Gasteiger partial charge is 0.264 e. The van der Waals surface area contributed by atoms with Gasteiger partial charge in [0.05, 0.1) is 10.6 Å². The van der Waals surface area contributed by atoms with E-state index in [0.29, 0.717) is 5.69 Å². The van der Waals surface area contributed by atoms with Crippen molar-refractivity contribution in [3.63, 3.8) is 0 Å². The lowest BCUT2D eigenvalue weighted by Gasteiger charge is -2.32. The summed E-state index contributed by atoms with van der Waals surface area (Å²) in [5.74, 6) is -1.58. The van der Waals surface area contributed by atoms with Gasteiger partial charge in [-0.3, -0.25) is 13.9 Å². The minimum absolute atomic E-state index is 0.0336. The van der Waals surface area contributed by atoms with Crippen LogP contribution in [-0.4, -0.2) is 43.8 Å². The van der Waals surface area contributed by atoms with Crippen LogP contribution in [0.4, 0.5) is 10.1 Å². The lowest BCUT2D eigenvalue weighted by Crippen LogP contribution is -2.52. The monoisotopic (exact) mass is 553 g/mol. The summed E-state index contributed by atoms with van der Waals surface area (Å²) in [7, 11) is -4.17. The Hall–Kier alpha value is -3.72. The minimum atomic E-state index is -4.17. The number of carbonyl (C=O) groups excluding carboxylic acids is 2. The van der Waals surface area contributed by atoms with Crippen molar-refractivity contribution in [2.24, 2.45) is 0 Å². The Morgan fingerprint density at radius 3 is 2.03 bits per heavy atom. The maximum atomic E-state index is 14.6. The molecule has 3 aromatic rings. The van der Waals surface area contributed by atoms with E-state index in [1.54, 1.807) is 51.1 Å². The molecular formula is C30H36FN3O4S. The van der Waals surface area contributed by atoms with Gasteiger partial charge >= 0.3 is 0 Å². The van der Waals surface area contributed by atoms with Crippen LogP contribution in [0.25, 0.3) is 0 Å². The van der Waals surface area contributed by atoms with E-state index in [9.17, 15) is 22.4 Å². The number of nitrogens with one attached hydrogen (secondary N) is 1. The van der Waals surface area contributed by atoms with E-state index in [-0.39, 0.29) is 23.0 Å². The highest BCUT2D eigenvalue weighted by molar-refractivity contribution is 7.92. The van der Waals surface area contributed by atoms with E-state index in [4.69, 9.17) is 0 Å². The lowest BCUT2D eigenvalue weighted by molar-refractivity contribution is -0.139. The van der Waals surface area contributed by atoms with Crippen molar-refractivity contribution in [2.45, 2.75) is 65.1 Å². The number of hydrogen-bond donors (Lipinski definition) is 1. The van der Waals surface area contributed by atoms with Crippen molar-refractivity contribution < 1.29 is 22.4 Å². The fourth-order valence-electron chi connectivity index (χ4n) is 4.26. The number of benzene rings is 3. The lowest BCUT2D eigenvalue weighted by atomic mass is 10.1. The Bertz CT molecular complexity index is 1420. The average Bonchev–Trinajstić information content (AvgIpc) is 2.85. The second-order valence-electron chi connectivity index (χ2n) is 10.1. The largest absolute Gasteiger partial charge is 0.352 e. The van der Waals surface area contributed by atoms with Gasteiger partial charge in [0.1, 0.15) is 18.4 Å². The van der Waals surface area contributed by atoms with Crippen LogP contribution in [0.2, 0.25) is 0 Å². The zero-order valence-corrected chi connectivity index (χ0v) is 24.0. The first kappa shape index (κ1) is 29.8. The normalized spacial score (nSPS) is 12.2. The molecule has 0 aliphatic carbocycles. The molecule has 1 N–H and O–H groups in total. The van der Waals surface area contributed by atoms with E-state index in [0.717, 1.165) is 21.0 Å². The number of amides is 2. The zero-order valence-electron chi connectivity index (χ0n) is 23.2. The maximum absolute atomic E-state index is 14.6. The van der Waals surface area contributed by atoms with E-state index < -0.39 is 40.2 Å². The summed E-state index contributed by atoms with van der Waals surface area (Å²) in [6, 6.07) is 16.5. The molecule has 0 heterocycles. The summed E-state index contributed by atoms with van der Waals surface area (Å²) >= 11 is 0. The Kier molecular flexibility index (Phi) is 9.50. The van der Waals surface area contributed by atoms with Crippen molar-refractivity contribution in [3.05, 3.63) is 94.8 Å². The Morgan fingerprint density at radius 2 is 1.46 bits per heavy atom. The number of sulfonamides is 1. The van der Waals surface area contributed by atoms with Crippen LogP contribution in [0, 0.1) is 26.6 Å². The highest BCUT2D eigenvalue weighted by atomic mass is 32.2. The third-order valence-electron chi connectivity index (χ3n) is 6.28. The van der Waals surface area contributed by atoms with Crippen LogP contribution < -0.4 is 9.62 Å². The number of nitrogens with zero attached hydrogens (tertiary/aromatic N) is 2. The topological polar surface area (TPSA) is 86.8 Å². The zero-order chi connectivity index (χ0) is 28.9. The molecule has 3 aromatic carbocycles. The van der Waals surface area contributed by atoms with Gasteiger partial charge in [0.15, 0.2) is 0 Å². The van der Waals surface area contributed by atoms with E-state index in [1.165, 1.54) is 35.2 Å². The molecule has 1 unspecified atom stereocenters. The van der Waals surface area contributed by atoms with Crippen LogP contribution in [0.1, 0.15) is 43.0 Å². The van der Waals surface area contributed by atoms with Crippen LogP contribution in [-0.2, 0) is 26.2 Å². The Balaban J connectivity index is 2.08. The Labute approximate surface area is 230 Å². The number of anilines is 1. The maximum Gasteiger partial charge on any atom is 0.264 e. The number of halogens is 1. The summed E-state index contributed by atoms with van der Waals surface area (Å²) in [5, 5.41) is 2.78. The van der Waals surface area contributed by atoms with Gasteiger partial charge < -0.3 is 10.2 Å². The first-order valence-electron chi connectivity index (χ1n) is 12.8. The summed E-state index contributed by atoms with van der Waals surface area (Å²) in [5.41, 5.74) is 3.09. The minimum Gasteiger partial charge on any atom is -0.352 e. The van der Waals surface area contributed by atoms with Crippen LogP contribution >= 0.6 is 0 Å². The third kappa shape index (κ3) is 7.44. The molecule has 1 atom stereocenters. The molecule has 208 valence electrons. The molecule has 9 heteroatoms. The van der Waals surface area contributed by atoms with Gasteiger partial charge in [0, 0.05) is 18.2 Å². The quantitative estimate of drug-likeness (QED) is 0.387. The van der Waals surface area contributed by atoms with Crippen molar-refractivity contribution in [2.75, 3.05) is 10.8 Å². The average molecular weight is 554 g/mol. The number of hydrogen-bond acceptors (Lipinski definition) is 4. The third-order valence-corrected chi connectivity index (χ3v) is 8.07. The van der Waals surface area contributed by atoms with Crippen LogP contribution in [0.3, 0.4) is 0 Å². The van der Waals surface area contributed by atoms with Gasteiger partial charge in [-0.1, -0.05) is 42.0 Å². The molecule has 0 bridgehead atoms. The SMILES string of the molecule is Cc1ccc(S(=O)(=O)N(CC(=O)N(Cc2ccccc2F)C(C)C(=O)NC(C)C)c2cc(C)cc(C)c2)cc1.